The zero-order chi connectivity index (χ0) is 14.2. The second kappa shape index (κ2) is 8.56. The molecule has 6 heteroatoms. The maximum atomic E-state index is 5.33. The molecule has 4 nitrogen and oxygen atoms in total. The van der Waals surface area contributed by atoms with E-state index in [9.17, 15) is 0 Å². The van der Waals surface area contributed by atoms with Gasteiger partial charge in [-0.25, -0.2) is 0 Å². The van der Waals surface area contributed by atoms with E-state index in [2.05, 4.69) is 31.5 Å². The predicted molar refractivity (Wildman–Crippen MR) is 90.2 cm³/mol. The quantitative estimate of drug-likeness (QED) is 0.625. The molecular formula is C14H20BrN3OS. The Morgan fingerprint density at radius 2 is 1.95 bits per heavy atom. The zero-order valence-electron chi connectivity index (χ0n) is 11.4. The standard InChI is InChI=1S/C14H20BrN3OS/c15-12-2-4-13(5-3-12)17-14(20)16-6-1-7-18-8-10-19-11-9-18/h2-5H,1,6-11H2,(H2,16,17,20). The van der Waals surface area contributed by atoms with Crippen molar-refractivity contribution >= 4 is 38.9 Å². The summed E-state index contributed by atoms with van der Waals surface area (Å²) in [7, 11) is 0. The molecule has 2 rings (SSSR count). The highest BCUT2D eigenvalue weighted by molar-refractivity contribution is 9.10. The van der Waals surface area contributed by atoms with Crippen LogP contribution in [0.5, 0.6) is 0 Å². The first-order chi connectivity index (χ1) is 9.74. The molecule has 1 aromatic rings. The van der Waals surface area contributed by atoms with Crippen molar-refractivity contribution in [2.75, 3.05) is 44.7 Å². The molecule has 1 aliphatic rings. The smallest absolute Gasteiger partial charge is 0.170 e. The van der Waals surface area contributed by atoms with Gasteiger partial charge in [0.15, 0.2) is 5.11 Å². The Kier molecular flexibility index (Phi) is 6.72. The SMILES string of the molecule is S=C(NCCCN1CCOCC1)Nc1ccc(Br)cc1. The lowest BCUT2D eigenvalue weighted by molar-refractivity contribution is 0.0376. The topological polar surface area (TPSA) is 36.5 Å². The van der Waals surface area contributed by atoms with Gasteiger partial charge in [0.05, 0.1) is 13.2 Å². The van der Waals surface area contributed by atoms with Crippen LogP contribution in [-0.4, -0.2) is 49.4 Å². The molecule has 0 radical (unpaired) electrons. The van der Waals surface area contributed by atoms with Gasteiger partial charge in [0.2, 0.25) is 0 Å². The van der Waals surface area contributed by atoms with Crippen LogP contribution in [0.15, 0.2) is 28.7 Å². The molecule has 0 atom stereocenters. The molecule has 0 unspecified atom stereocenters. The molecule has 1 fully saturated rings. The Bertz CT molecular complexity index is 421. The lowest BCUT2D eigenvalue weighted by Gasteiger charge is -2.26. The molecular weight excluding hydrogens is 338 g/mol. The Labute approximate surface area is 134 Å². The molecule has 2 N–H and O–H groups in total. The summed E-state index contributed by atoms with van der Waals surface area (Å²) in [6, 6.07) is 7.96. The number of ether oxygens (including phenoxy) is 1. The number of nitrogens with zero attached hydrogens (tertiary/aromatic N) is 1. The zero-order valence-corrected chi connectivity index (χ0v) is 13.8. The van der Waals surface area contributed by atoms with Gasteiger partial charge in [-0.05, 0) is 49.4 Å². The fourth-order valence-corrected chi connectivity index (χ4v) is 2.52. The number of morpholine rings is 1. The van der Waals surface area contributed by atoms with Crippen LogP contribution in [0.25, 0.3) is 0 Å². The summed E-state index contributed by atoms with van der Waals surface area (Å²) in [5.74, 6) is 0. The Balaban J connectivity index is 1.59. The summed E-state index contributed by atoms with van der Waals surface area (Å²) < 4.78 is 6.39. The highest BCUT2D eigenvalue weighted by Gasteiger charge is 2.09. The van der Waals surface area contributed by atoms with E-state index in [1.807, 2.05) is 24.3 Å². The van der Waals surface area contributed by atoms with Gasteiger partial charge >= 0.3 is 0 Å². The number of rotatable bonds is 5. The summed E-state index contributed by atoms with van der Waals surface area (Å²) in [6.07, 6.45) is 1.09. The van der Waals surface area contributed by atoms with Gasteiger partial charge in [-0.3, -0.25) is 4.90 Å². The first-order valence-corrected chi connectivity index (χ1v) is 8.05. The first kappa shape index (κ1) is 15.7. The van der Waals surface area contributed by atoms with E-state index in [0.717, 1.165) is 56.0 Å². The number of hydrogen-bond donors (Lipinski definition) is 2. The first-order valence-electron chi connectivity index (χ1n) is 6.84. The van der Waals surface area contributed by atoms with E-state index in [1.165, 1.54) is 0 Å². The minimum absolute atomic E-state index is 0.675. The summed E-state index contributed by atoms with van der Waals surface area (Å²) in [5, 5.41) is 7.08. The van der Waals surface area contributed by atoms with Gasteiger partial charge in [0.25, 0.3) is 0 Å². The van der Waals surface area contributed by atoms with Crippen molar-refractivity contribution < 1.29 is 4.74 Å². The Morgan fingerprint density at radius 1 is 1.25 bits per heavy atom. The van der Waals surface area contributed by atoms with Crippen molar-refractivity contribution in [3.63, 3.8) is 0 Å². The number of anilines is 1. The third kappa shape index (κ3) is 5.75. The van der Waals surface area contributed by atoms with Crippen LogP contribution >= 0.6 is 28.1 Å². The number of halogens is 1. The molecule has 1 aliphatic heterocycles. The van der Waals surface area contributed by atoms with E-state index in [-0.39, 0.29) is 0 Å². The highest BCUT2D eigenvalue weighted by Crippen LogP contribution is 2.13. The molecule has 0 aliphatic carbocycles. The number of hydrogen-bond acceptors (Lipinski definition) is 3. The van der Waals surface area contributed by atoms with E-state index in [4.69, 9.17) is 17.0 Å². The summed E-state index contributed by atoms with van der Waals surface area (Å²) >= 11 is 8.68. The van der Waals surface area contributed by atoms with Crippen molar-refractivity contribution in [3.05, 3.63) is 28.7 Å². The molecule has 110 valence electrons. The van der Waals surface area contributed by atoms with Crippen molar-refractivity contribution in [3.8, 4) is 0 Å². The van der Waals surface area contributed by atoms with Crippen LogP contribution in [0.3, 0.4) is 0 Å². The number of benzene rings is 1. The van der Waals surface area contributed by atoms with E-state index >= 15 is 0 Å². The maximum absolute atomic E-state index is 5.33. The van der Waals surface area contributed by atoms with Crippen LogP contribution < -0.4 is 10.6 Å². The molecule has 0 amide bonds. The lowest BCUT2D eigenvalue weighted by atomic mass is 10.3. The average Bonchev–Trinajstić information content (AvgIpc) is 2.47. The van der Waals surface area contributed by atoms with Crippen molar-refractivity contribution in [2.24, 2.45) is 0 Å². The highest BCUT2D eigenvalue weighted by atomic mass is 79.9. The second-order valence-corrected chi connectivity index (χ2v) is 6.02. The molecule has 0 saturated carbocycles. The molecule has 0 aromatic heterocycles. The third-order valence-corrected chi connectivity index (χ3v) is 3.92. The van der Waals surface area contributed by atoms with E-state index in [0.29, 0.717) is 5.11 Å². The maximum Gasteiger partial charge on any atom is 0.170 e. The van der Waals surface area contributed by atoms with Gasteiger partial charge in [-0.2, -0.15) is 0 Å². The van der Waals surface area contributed by atoms with Crippen LogP contribution in [0.1, 0.15) is 6.42 Å². The van der Waals surface area contributed by atoms with Gasteiger partial charge in [0.1, 0.15) is 0 Å². The van der Waals surface area contributed by atoms with Crippen LogP contribution in [0, 0.1) is 0 Å². The lowest BCUT2D eigenvalue weighted by Crippen LogP contribution is -2.38. The van der Waals surface area contributed by atoms with Crippen molar-refractivity contribution in [2.45, 2.75) is 6.42 Å². The average molecular weight is 358 g/mol. The summed E-state index contributed by atoms with van der Waals surface area (Å²) in [5.41, 5.74) is 0.999. The fourth-order valence-electron chi connectivity index (χ4n) is 2.04. The third-order valence-electron chi connectivity index (χ3n) is 3.14. The van der Waals surface area contributed by atoms with Gasteiger partial charge in [0, 0.05) is 29.8 Å². The molecule has 0 bridgehead atoms. The molecule has 1 heterocycles. The number of nitrogens with one attached hydrogen (secondary N) is 2. The van der Waals surface area contributed by atoms with Crippen LogP contribution in [-0.2, 0) is 4.74 Å². The van der Waals surface area contributed by atoms with Crippen LogP contribution in [0.2, 0.25) is 0 Å². The molecule has 20 heavy (non-hydrogen) atoms. The minimum atomic E-state index is 0.675. The van der Waals surface area contributed by atoms with Crippen LogP contribution in [0.4, 0.5) is 5.69 Å². The Morgan fingerprint density at radius 3 is 2.65 bits per heavy atom. The molecule has 1 aromatic carbocycles. The summed E-state index contributed by atoms with van der Waals surface area (Å²) in [6.45, 7) is 5.79. The number of thiocarbonyl (C=S) groups is 1. The monoisotopic (exact) mass is 357 g/mol. The van der Waals surface area contributed by atoms with Crippen molar-refractivity contribution in [1.29, 1.82) is 0 Å². The largest absolute Gasteiger partial charge is 0.379 e. The second-order valence-electron chi connectivity index (χ2n) is 4.70. The normalized spacial score (nSPS) is 15.8. The Hall–Kier alpha value is -0.690. The van der Waals surface area contributed by atoms with Gasteiger partial charge < -0.3 is 15.4 Å². The van der Waals surface area contributed by atoms with Crippen molar-refractivity contribution in [1.82, 2.24) is 10.2 Å². The van der Waals surface area contributed by atoms with Gasteiger partial charge in [-0.15, -0.1) is 0 Å². The molecule has 0 spiro atoms. The molecule has 1 saturated heterocycles. The van der Waals surface area contributed by atoms with E-state index < -0.39 is 0 Å². The van der Waals surface area contributed by atoms with E-state index in [1.54, 1.807) is 0 Å². The minimum Gasteiger partial charge on any atom is -0.379 e. The fraction of sp³-hybridized carbons (Fsp3) is 0.500. The predicted octanol–water partition coefficient (Wildman–Crippen LogP) is 2.46. The summed E-state index contributed by atoms with van der Waals surface area (Å²) in [4.78, 5) is 2.43. The van der Waals surface area contributed by atoms with Gasteiger partial charge in [-0.1, -0.05) is 15.9 Å².